The first kappa shape index (κ1) is 25.8. The quantitative estimate of drug-likeness (QED) is 0.235. The number of aromatic nitrogens is 1. The zero-order chi connectivity index (χ0) is 26.7. The maximum absolute atomic E-state index is 14.0. The zero-order valence-corrected chi connectivity index (χ0v) is 21.4. The van der Waals surface area contributed by atoms with Crippen LogP contribution in [0.25, 0.3) is 10.9 Å². The Labute approximate surface area is 214 Å². The summed E-state index contributed by atoms with van der Waals surface area (Å²) in [7, 11) is 0.0561. The van der Waals surface area contributed by atoms with Crippen molar-refractivity contribution < 1.29 is 37.0 Å². The third kappa shape index (κ3) is 4.51. The summed E-state index contributed by atoms with van der Waals surface area (Å²) in [6, 6.07) is 17.5. The van der Waals surface area contributed by atoms with E-state index in [9.17, 15) is 18.0 Å². The number of aldehydes is 1. The van der Waals surface area contributed by atoms with Gasteiger partial charge in [-0.25, -0.2) is 12.4 Å². The first-order chi connectivity index (χ1) is 17.8. The summed E-state index contributed by atoms with van der Waals surface area (Å²) in [4.78, 5) is 24.8. The molecule has 0 fully saturated rings. The first-order valence-corrected chi connectivity index (χ1v) is 12.6. The molecule has 4 rings (SSSR count). The van der Waals surface area contributed by atoms with E-state index in [2.05, 4.69) is 0 Å². The van der Waals surface area contributed by atoms with E-state index in [0.717, 1.165) is 3.97 Å². The molecule has 0 aliphatic carbocycles. The molecule has 0 radical (unpaired) electrons. The van der Waals surface area contributed by atoms with Crippen LogP contribution in [-0.2, 0) is 19.6 Å². The lowest BCUT2D eigenvalue weighted by Gasteiger charge is -2.23. The van der Waals surface area contributed by atoms with Crippen molar-refractivity contribution in [3.05, 3.63) is 83.6 Å². The van der Waals surface area contributed by atoms with Crippen molar-refractivity contribution in [2.75, 3.05) is 21.3 Å². The highest BCUT2D eigenvalue weighted by Crippen LogP contribution is 2.44. The first-order valence-electron chi connectivity index (χ1n) is 11.1. The van der Waals surface area contributed by atoms with Gasteiger partial charge in [-0.1, -0.05) is 36.4 Å². The Morgan fingerprint density at radius 2 is 1.49 bits per heavy atom. The number of esters is 1. The van der Waals surface area contributed by atoms with Crippen LogP contribution in [0.4, 0.5) is 0 Å². The molecule has 1 aromatic heterocycles. The van der Waals surface area contributed by atoms with Gasteiger partial charge in [0.25, 0.3) is 10.0 Å². The van der Waals surface area contributed by atoms with Crippen molar-refractivity contribution in [2.24, 2.45) is 0 Å². The Balaban J connectivity index is 2.14. The summed E-state index contributed by atoms with van der Waals surface area (Å²) in [5.41, 5.74) is 0.591. The maximum Gasteiger partial charge on any atom is 0.303 e. The minimum atomic E-state index is -4.24. The summed E-state index contributed by atoms with van der Waals surface area (Å²) in [6.07, 6.45) is -0.763. The minimum absolute atomic E-state index is 0.000851. The monoisotopic (exact) mass is 523 g/mol. The van der Waals surface area contributed by atoms with Crippen LogP contribution < -0.4 is 14.2 Å². The Kier molecular flexibility index (Phi) is 7.21. The van der Waals surface area contributed by atoms with Gasteiger partial charge in [-0.15, -0.1) is 0 Å². The lowest BCUT2D eigenvalue weighted by atomic mass is 10.0. The van der Waals surface area contributed by atoms with Crippen molar-refractivity contribution in [2.45, 2.75) is 17.9 Å². The normalized spacial score (nSPS) is 12.1. The molecule has 0 aliphatic heterocycles. The van der Waals surface area contributed by atoms with E-state index in [4.69, 9.17) is 18.9 Å². The average molecular weight is 524 g/mol. The molecule has 0 N–H and O–H groups in total. The van der Waals surface area contributed by atoms with E-state index >= 15 is 0 Å². The van der Waals surface area contributed by atoms with Crippen LogP contribution in [0, 0.1) is 0 Å². The third-order valence-corrected chi connectivity index (χ3v) is 7.57. The number of hydrogen-bond acceptors (Lipinski definition) is 8. The fourth-order valence-corrected chi connectivity index (χ4v) is 5.87. The van der Waals surface area contributed by atoms with Gasteiger partial charge >= 0.3 is 5.97 Å². The number of nitrogens with zero attached hydrogens (tertiary/aromatic N) is 1. The molecule has 9 nitrogen and oxygen atoms in total. The molecule has 0 saturated carbocycles. The SMILES string of the molecule is COc1cc(C(OC(C)=O)c2c(C=O)c3ccccc3n2S(=O)(=O)c2ccccc2)cc(OC)c1OC. The topological polar surface area (TPSA) is 110 Å². The minimum Gasteiger partial charge on any atom is -0.493 e. The highest BCUT2D eigenvalue weighted by Gasteiger charge is 2.34. The summed E-state index contributed by atoms with van der Waals surface area (Å²) in [5.74, 6) is 0.123. The van der Waals surface area contributed by atoms with Crippen molar-refractivity contribution in [3.8, 4) is 17.2 Å². The smallest absolute Gasteiger partial charge is 0.303 e. The van der Waals surface area contributed by atoms with Crippen molar-refractivity contribution in [1.29, 1.82) is 0 Å². The van der Waals surface area contributed by atoms with Crippen molar-refractivity contribution >= 4 is 33.2 Å². The van der Waals surface area contributed by atoms with Gasteiger partial charge in [-0.3, -0.25) is 9.59 Å². The van der Waals surface area contributed by atoms with Gasteiger partial charge in [0.15, 0.2) is 23.9 Å². The van der Waals surface area contributed by atoms with Gasteiger partial charge in [0, 0.05) is 23.4 Å². The van der Waals surface area contributed by atoms with Crippen molar-refractivity contribution in [3.63, 3.8) is 0 Å². The number of fused-ring (bicyclic) bond motifs is 1. The van der Waals surface area contributed by atoms with E-state index in [-0.39, 0.29) is 33.2 Å². The largest absolute Gasteiger partial charge is 0.493 e. The summed E-state index contributed by atoms with van der Waals surface area (Å²) < 4.78 is 51.1. The highest BCUT2D eigenvalue weighted by atomic mass is 32.2. The average Bonchev–Trinajstić information content (AvgIpc) is 3.26. The number of rotatable bonds is 9. The van der Waals surface area contributed by atoms with E-state index in [1.165, 1.54) is 40.4 Å². The van der Waals surface area contributed by atoms with Crippen LogP contribution in [0.5, 0.6) is 17.2 Å². The van der Waals surface area contributed by atoms with E-state index in [0.29, 0.717) is 23.0 Å². The molecule has 4 aromatic rings. The predicted molar refractivity (Wildman–Crippen MR) is 136 cm³/mol. The molecule has 0 amide bonds. The van der Waals surface area contributed by atoms with Gasteiger partial charge < -0.3 is 18.9 Å². The van der Waals surface area contributed by atoms with Crippen LogP contribution in [0.3, 0.4) is 0 Å². The van der Waals surface area contributed by atoms with Gasteiger partial charge in [-0.2, -0.15) is 0 Å². The van der Waals surface area contributed by atoms with E-state index < -0.39 is 22.1 Å². The Morgan fingerprint density at radius 3 is 2.03 bits per heavy atom. The number of ether oxygens (including phenoxy) is 4. The molecule has 0 saturated heterocycles. The van der Waals surface area contributed by atoms with Crippen LogP contribution in [-0.4, -0.2) is 46.0 Å². The fraction of sp³-hybridized carbons (Fsp3) is 0.185. The van der Waals surface area contributed by atoms with Crippen LogP contribution in [0.2, 0.25) is 0 Å². The maximum atomic E-state index is 14.0. The summed E-state index contributed by atoms with van der Waals surface area (Å²) in [6.45, 7) is 1.20. The second kappa shape index (κ2) is 10.4. The second-order valence-electron chi connectivity index (χ2n) is 7.96. The highest BCUT2D eigenvalue weighted by molar-refractivity contribution is 7.90. The van der Waals surface area contributed by atoms with Crippen LogP contribution >= 0.6 is 0 Å². The molecule has 37 heavy (non-hydrogen) atoms. The summed E-state index contributed by atoms with van der Waals surface area (Å²) >= 11 is 0. The lowest BCUT2D eigenvalue weighted by Crippen LogP contribution is -2.22. The Bertz CT molecular complexity index is 1550. The molecule has 0 spiro atoms. The molecule has 10 heteroatoms. The molecule has 1 heterocycles. The number of para-hydroxylation sites is 1. The molecule has 0 aliphatic rings. The van der Waals surface area contributed by atoms with E-state index in [1.54, 1.807) is 54.6 Å². The van der Waals surface area contributed by atoms with Gasteiger partial charge in [0.1, 0.15) is 0 Å². The van der Waals surface area contributed by atoms with Gasteiger partial charge in [0.05, 0.1) is 37.4 Å². The van der Waals surface area contributed by atoms with E-state index in [1.807, 2.05) is 0 Å². The Morgan fingerprint density at radius 1 is 0.892 bits per heavy atom. The molecule has 0 bridgehead atoms. The van der Waals surface area contributed by atoms with Gasteiger partial charge in [0.2, 0.25) is 5.75 Å². The number of hydrogen-bond donors (Lipinski definition) is 0. The molecule has 1 atom stereocenters. The lowest BCUT2D eigenvalue weighted by molar-refractivity contribution is -0.145. The number of methoxy groups -OCH3 is 3. The van der Waals surface area contributed by atoms with Crippen LogP contribution in [0.15, 0.2) is 71.6 Å². The molecule has 1 unspecified atom stereocenters. The van der Waals surface area contributed by atoms with Crippen LogP contribution in [0.1, 0.15) is 34.6 Å². The molecule has 3 aromatic carbocycles. The Hall–Kier alpha value is -4.31. The molecular weight excluding hydrogens is 498 g/mol. The second-order valence-corrected chi connectivity index (χ2v) is 9.75. The fourth-order valence-electron chi connectivity index (χ4n) is 4.28. The zero-order valence-electron chi connectivity index (χ0n) is 20.6. The predicted octanol–water partition coefficient (Wildman–Crippen LogP) is 4.37. The standard InChI is InChI=1S/C27H25NO8S/c1-17(30)36-26(18-14-23(33-2)27(35-4)24(15-18)34-3)25-21(16-29)20-12-8-9-13-22(20)28(25)37(31,32)19-10-6-5-7-11-19/h5-16,26H,1-4H3. The third-order valence-electron chi connectivity index (χ3n) is 5.83. The number of benzene rings is 3. The molecule has 192 valence electrons. The van der Waals surface area contributed by atoms with Gasteiger partial charge in [-0.05, 0) is 30.3 Å². The number of carbonyl (C=O) groups excluding carboxylic acids is 2. The summed E-state index contributed by atoms with van der Waals surface area (Å²) in [5, 5.41) is 0.386. The molecular formula is C27H25NO8S. The number of carbonyl (C=O) groups is 2. The van der Waals surface area contributed by atoms with Crippen molar-refractivity contribution in [1.82, 2.24) is 3.97 Å².